The Kier molecular flexibility index (Phi) is 6.52. The maximum absolute atomic E-state index is 11.1. The molecular formula is C10H18O3S2. The number of carbonyl (C=O) groups excluding carboxylic acids is 1. The van der Waals surface area contributed by atoms with Crippen molar-refractivity contribution in [3.63, 3.8) is 0 Å². The van der Waals surface area contributed by atoms with Gasteiger partial charge >= 0.3 is 5.97 Å². The minimum absolute atomic E-state index is 0.0971. The lowest BCUT2D eigenvalue weighted by Gasteiger charge is -2.05. The number of hydrogen-bond donors (Lipinski definition) is 0. The molecule has 0 aliphatic carbocycles. The number of ether oxygens (including phenoxy) is 1. The van der Waals surface area contributed by atoms with E-state index in [9.17, 15) is 9.35 Å². The Morgan fingerprint density at radius 2 is 2.40 bits per heavy atom. The van der Waals surface area contributed by atoms with Gasteiger partial charge in [-0.05, 0) is 19.8 Å². The summed E-state index contributed by atoms with van der Waals surface area (Å²) in [5, 5.41) is 0.549. The molecule has 0 N–H and O–H groups in total. The molecule has 0 bridgehead atoms. The van der Waals surface area contributed by atoms with E-state index in [1.54, 1.807) is 10.8 Å². The Bertz CT molecular complexity index is 199. The van der Waals surface area contributed by atoms with Gasteiger partial charge in [0.15, 0.2) is 0 Å². The van der Waals surface area contributed by atoms with Gasteiger partial charge in [0.1, 0.15) is 5.75 Å². The summed E-state index contributed by atoms with van der Waals surface area (Å²) >= 11 is 0. The molecule has 0 aromatic rings. The second-order valence-corrected chi connectivity index (χ2v) is 7.13. The Morgan fingerprint density at radius 1 is 1.60 bits per heavy atom. The molecule has 15 heavy (non-hydrogen) atoms. The minimum Gasteiger partial charge on any atom is -0.605 e. The van der Waals surface area contributed by atoms with Gasteiger partial charge in [-0.1, -0.05) is 6.42 Å². The zero-order valence-corrected chi connectivity index (χ0v) is 10.7. The third-order valence-electron chi connectivity index (χ3n) is 2.31. The lowest BCUT2D eigenvalue weighted by molar-refractivity contribution is -0.143. The fourth-order valence-corrected chi connectivity index (χ4v) is 5.11. The van der Waals surface area contributed by atoms with Crippen LogP contribution in [0.15, 0.2) is 0 Å². The van der Waals surface area contributed by atoms with E-state index in [4.69, 9.17) is 4.74 Å². The van der Waals surface area contributed by atoms with Crippen molar-refractivity contribution < 1.29 is 14.1 Å². The molecule has 0 aromatic carbocycles. The van der Waals surface area contributed by atoms with Crippen molar-refractivity contribution in [1.29, 1.82) is 0 Å². The van der Waals surface area contributed by atoms with Crippen molar-refractivity contribution in [3.05, 3.63) is 0 Å². The van der Waals surface area contributed by atoms with Crippen molar-refractivity contribution >= 4 is 27.0 Å². The van der Waals surface area contributed by atoms with Gasteiger partial charge in [0.2, 0.25) is 0 Å². The Balaban J connectivity index is 1.95. The summed E-state index contributed by atoms with van der Waals surface area (Å²) in [5.41, 5.74) is 0. The molecule has 1 aliphatic rings. The topological polar surface area (TPSA) is 49.4 Å². The summed E-state index contributed by atoms with van der Waals surface area (Å²) < 4.78 is 15.9. The number of carbonyl (C=O) groups is 1. The van der Waals surface area contributed by atoms with Gasteiger partial charge in [-0.3, -0.25) is 4.79 Å². The molecule has 3 nitrogen and oxygen atoms in total. The molecule has 1 fully saturated rings. The summed E-state index contributed by atoms with van der Waals surface area (Å²) in [4.78, 5) is 11.0. The Morgan fingerprint density at radius 3 is 3.00 bits per heavy atom. The highest BCUT2D eigenvalue weighted by molar-refractivity contribution is 8.72. The van der Waals surface area contributed by atoms with Crippen LogP contribution in [0, 0.1) is 0 Å². The van der Waals surface area contributed by atoms with E-state index >= 15 is 0 Å². The average Bonchev–Trinajstić information content (AvgIpc) is 2.60. The van der Waals surface area contributed by atoms with Crippen LogP contribution in [0.25, 0.3) is 0 Å². The van der Waals surface area contributed by atoms with E-state index < -0.39 is 10.2 Å². The first-order chi connectivity index (χ1) is 7.22. The number of rotatable bonds is 6. The van der Waals surface area contributed by atoms with Gasteiger partial charge in [0, 0.05) is 23.0 Å². The molecule has 5 heteroatoms. The lowest BCUT2D eigenvalue weighted by atomic mass is 10.1. The maximum atomic E-state index is 11.1. The highest BCUT2D eigenvalue weighted by atomic mass is 33.1. The van der Waals surface area contributed by atoms with Crippen LogP contribution < -0.4 is 0 Å². The van der Waals surface area contributed by atoms with E-state index in [-0.39, 0.29) is 5.97 Å². The van der Waals surface area contributed by atoms with Crippen molar-refractivity contribution in [2.24, 2.45) is 0 Å². The van der Waals surface area contributed by atoms with Gasteiger partial charge in [0.05, 0.1) is 22.7 Å². The first-order valence-electron chi connectivity index (χ1n) is 5.43. The van der Waals surface area contributed by atoms with Crippen LogP contribution in [0.4, 0.5) is 0 Å². The highest BCUT2D eigenvalue weighted by Crippen LogP contribution is 2.34. The molecule has 2 atom stereocenters. The fraction of sp³-hybridized carbons (Fsp3) is 0.900. The smallest absolute Gasteiger partial charge is 0.305 e. The molecule has 0 radical (unpaired) electrons. The average molecular weight is 250 g/mol. The van der Waals surface area contributed by atoms with Crippen molar-refractivity contribution in [2.75, 3.05) is 12.4 Å². The van der Waals surface area contributed by atoms with E-state index in [0.717, 1.165) is 31.4 Å². The van der Waals surface area contributed by atoms with Crippen LogP contribution in [-0.2, 0) is 19.7 Å². The van der Waals surface area contributed by atoms with Gasteiger partial charge in [-0.15, -0.1) is 0 Å². The monoisotopic (exact) mass is 250 g/mol. The molecule has 1 aliphatic heterocycles. The van der Waals surface area contributed by atoms with Crippen LogP contribution in [0.3, 0.4) is 0 Å². The molecule has 0 saturated carbocycles. The summed E-state index contributed by atoms with van der Waals surface area (Å²) in [6, 6.07) is 0. The van der Waals surface area contributed by atoms with Crippen LogP contribution in [0.5, 0.6) is 0 Å². The van der Waals surface area contributed by atoms with Crippen molar-refractivity contribution in [1.82, 2.24) is 0 Å². The normalized spacial score (nSPS) is 25.5. The molecule has 88 valence electrons. The van der Waals surface area contributed by atoms with Crippen LogP contribution in [0.2, 0.25) is 0 Å². The first kappa shape index (κ1) is 13.2. The molecule has 1 rings (SSSR count). The summed E-state index contributed by atoms with van der Waals surface area (Å²) in [6.07, 6.45) is 4.59. The quantitative estimate of drug-likeness (QED) is 0.314. The predicted octanol–water partition coefficient (Wildman–Crippen LogP) is 2.28. The summed E-state index contributed by atoms with van der Waals surface area (Å²) in [6.45, 7) is 2.29. The number of unbranched alkanes of at least 4 members (excludes halogenated alkanes) is 1. The zero-order valence-electron chi connectivity index (χ0n) is 9.07. The van der Waals surface area contributed by atoms with Crippen LogP contribution >= 0.6 is 10.8 Å². The highest BCUT2D eigenvalue weighted by Gasteiger charge is 2.27. The molecule has 1 unspecified atom stereocenters. The Labute approximate surface area is 97.9 Å². The second kappa shape index (κ2) is 7.41. The first-order valence-corrected chi connectivity index (χ1v) is 8.15. The van der Waals surface area contributed by atoms with Gasteiger partial charge in [-0.2, -0.15) is 0 Å². The van der Waals surface area contributed by atoms with Gasteiger partial charge in [0.25, 0.3) is 0 Å². The second-order valence-electron chi connectivity index (χ2n) is 3.57. The summed E-state index contributed by atoms with van der Waals surface area (Å²) in [5.74, 6) is 0.743. The molecule has 0 aromatic heterocycles. The van der Waals surface area contributed by atoms with E-state index in [0.29, 0.717) is 18.3 Å². The molecule has 0 spiro atoms. The SMILES string of the molecule is CCOC(=O)CCCC[C@H]1CC[S+]([O-])S1. The standard InChI is InChI=1S/C10H18O3S2/c1-2-13-10(11)6-4-3-5-9-7-8-15(12)14-9/h9H,2-8H2,1H3/t9-,15?/m0/s1. The molecule has 0 amide bonds. The largest absolute Gasteiger partial charge is 0.605 e. The third-order valence-corrected chi connectivity index (χ3v) is 5.80. The van der Waals surface area contributed by atoms with E-state index in [1.165, 1.54) is 0 Å². The zero-order chi connectivity index (χ0) is 11.1. The van der Waals surface area contributed by atoms with Crippen molar-refractivity contribution in [2.45, 2.75) is 44.3 Å². The number of esters is 1. The number of hydrogen-bond acceptors (Lipinski definition) is 4. The van der Waals surface area contributed by atoms with Crippen LogP contribution in [-0.4, -0.2) is 28.1 Å². The van der Waals surface area contributed by atoms with E-state index in [1.807, 2.05) is 6.92 Å². The molecule has 1 saturated heterocycles. The predicted molar refractivity (Wildman–Crippen MR) is 64.1 cm³/mol. The fourth-order valence-electron chi connectivity index (χ4n) is 1.54. The summed E-state index contributed by atoms with van der Waals surface area (Å²) in [7, 11) is 0.946. The minimum atomic E-state index is -0.645. The maximum Gasteiger partial charge on any atom is 0.305 e. The molecule has 1 heterocycles. The van der Waals surface area contributed by atoms with Gasteiger partial charge in [-0.25, -0.2) is 0 Å². The molecular weight excluding hydrogens is 232 g/mol. The van der Waals surface area contributed by atoms with Crippen molar-refractivity contribution in [3.8, 4) is 0 Å². The Hall–Kier alpha value is 0.130. The van der Waals surface area contributed by atoms with Gasteiger partial charge < -0.3 is 9.29 Å². The van der Waals surface area contributed by atoms with Crippen LogP contribution in [0.1, 0.15) is 39.0 Å². The lowest BCUT2D eigenvalue weighted by Crippen LogP contribution is -2.04. The third kappa shape index (κ3) is 5.68. The van der Waals surface area contributed by atoms with E-state index in [2.05, 4.69) is 0 Å².